The molecule has 1 N–H and O–H groups in total. The number of carbonyl (C=O) groups is 1. The molecule has 2 rings (SSSR count). The molecular weight excluding hydrogens is 274 g/mol. The number of anilines is 1. The molecule has 108 valence electrons. The van der Waals surface area contributed by atoms with Crippen LogP contribution in [0.4, 0.5) is 5.69 Å². The number of amides is 1. The van der Waals surface area contributed by atoms with E-state index in [2.05, 4.69) is 17.5 Å². The maximum atomic E-state index is 11.0. The second kappa shape index (κ2) is 7.06. The molecule has 4 nitrogen and oxygen atoms in total. The zero-order valence-corrected chi connectivity index (χ0v) is 12.2. The molecule has 0 heterocycles. The summed E-state index contributed by atoms with van der Waals surface area (Å²) in [6, 6.07) is 20.7. The van der Waals surface area contributed by atoms with Gasteiger partial charge in [0, 0.05) is 12.6 Å². The summed E-state index contributed by atoms with van der Waals surface area (Å²) in [6.07, 6.45) is 0. The summed E-state index contributed by atoms with van der Waals surface area (Å²) in [5.41, 5.74) is 2.25. The van der Waals surface area contributed by atoms with E-state index in [4.69, 9.17) is 0 Å². The highest BCUT2D eigenvalue weighted by Crippen LogP contribution is 2.32. The highest BCUT2D eigenvalue weighted by Gasteiger charge is 2.24. The van der Waals surface area contributed by atoms with Gasteiger partial charge in [-0.2, -0.15) is 10.5 Å². The monoisotopic (exact) mass is 289 g/mol. The van der Waals surface area contributed by atoms with Crippen LogP contribution in [0.1, 0.15) is 29.9 Å². The smallest absolute Gasteiger partial charge is 0.221 e. The molecule has 1 amide bonds. The topological polar surface area (TPSA) is 76.7 Å². The van der Waals surface area contributed by atoms with E-state index < -0.39 is 11.8 Å². The Hall–Kier alpha value is -3.11. The largest absolute Gasteiger partial charge is 0.326 e. The van der Waals surface area contributed by atoms with Crippen LogP contribution in [0.25, 0.3) is 0 Å². The third-order valence-electron chi connectivity index (χ3n) is 3.36. The quantitative estimate of drug-likeness (QED) is 0.934. The maximum Gasteiger partial charge on any atom is 0.221 e. The predicted molar refractivity (Wildman–Crippen MR) is 83.9 cm³/mol. The summed E-state index contributed by atoms with van der Waals surface area (Å²) in [6.45, 7) is 1.44. The van der Waals surface area contributed by atoms with E-state index in [1.54, 1.807) is 24.3 Å². The Morgan fingerprint density at radius 1 is 0.909 bits per heavy atom. The third-order valence-corrected chi connectivity index (χ3v) is 3.36. The van der Waals surface area contributed by atoms with Crippen molar-refractivity contribution in [1.29, 1.82) is 10.5 Å². The minimum atomic E-state index is -0.557. The minimum Gasteiger partial charge on any atom is -0.326 e. The van der Waals surface area contributed by atoms with Gasteiger partial charge in [0.25, 0.3) is 0 Å². The summed E-state index contributed by atoms with van der Waals surface area (Å²) < 4.78 is 0. The Bertz CT molecular complexity index is 724. The van der Waals surface area contributed by atoms with Gasteiger partial charge in [-0.3, -0.25) is 4.79 Å². The molecule has 0 spiro atoms. The number of benzene rings is 2. The summed E-state index contributed by atoms with van der Waals surface area (Å²) in [5, 5.41) is 21.6. The number of nitriles is 2. The zero-order valence-electron chi connectivity index (χ0n) is 12.2. The zero-order chi connectivity index (χ0) is 15.9. The lowest BCUT2D eigenvalue weighted by molar-refractivity contribution is -0.114. The second-order valence-electron chi connectivity index (χ2n) is 4.93. The Morgan fingerprint density at radius 3 is 1.86 bits per heavy atom. The van der Waals surface area contributed by atoms with Gasteiger partial charge in [-0.1, -0.05) is 42.5 Å². The molecule has 0 aliphatic rings. The van der Waals surface area contributed by atoms with Crippen molar-refractivity contribution >= 4 is 11.6 Å². The van der Waals surface area contributed by atoms with Crippen molar-refractivity contribution in [2.45, 2.75) is 18.8 Å². The van der Waals surface area contributed by atoms with Crippen LogP contribution in [0.5, 0.6) is 0 Å². The number of rotatable bonds is 4. The van der Waals surface area contributed by atoms with Crippen LogP contribution in [0.3, 0.4) is 0 Å². The normalized spacial score (nSPS) is 12.5. The van der Waals surface area contributed by atoms with Crippen LogP contribution < -0.4 is 5.32 Å². The summed E-state index contributed by atoms with van der Waals surface area (Å²) >= 11 is 0. The third kappa shape index (κ3) is 3.50. The summed E-state index contributed by atoms with van der Waals surface area (Å²) in [5.74, 6) is -1.24. The van der Waals surface area contributed by atoms with Crippen LogP contribution in [-0.4, -0.2) is 5.91 Å². The Labute approximate surface area is 129 Å². The molecule has 0 radical (unpaired) electrons. The van der Waals surface area contributed by atoms with Crippen molar-refractivity contribution in [2.75, 3.05) is 5.32 Å². The van der Waals surface area contributed by atoms with Gasteiger partial charge >= 0.3 is 0 Å². The molecule has 0 saturated carbocycles. The van der Waals surface area contributed by atoms with E-state index in [9.17, 15) is 15.3 Å². The van der Waals surface area contributed by atoms with Gasteiger partial charge < -0.3 is 5.32 Å². The Morgan fingerprint density at radius 2 is 1.41 bits per heavy atom. The number of carbonyl (C=O) groups excluding carboxylic acids is 1. The lowest BCUT2D eigenvalue weighted by atomic mass is 9.83. The van der Waals surface area contributed by atoms with E-state index in [1.807, 2.05) is 30.3 Å². The molecule has 0 unspecified atom stereocenters. The van der Waals surface area contributed by atoms with Gasteiger partial charge in [0.05, 0.1) is 24.0 Å². The number of hydrogen-bond donors (Lipinski definition) is 1. The van der Waals surface area contributed by atoms with Crippen LogP contribution >= 0.6 is 0 Å². The molecule has 2 aromatic rings. The number of hydrogen-bond acceptors (Lipinski definition) is 3. The maximum absolute atomic E-state index is 11.0. The predicted octanol–water partition coefficient (Wildman–Crippen LogP) is 3.56. The molecule has 4 heteroatoms. The van der Waals surface area contributed by atoms with E-state index in [0.717, 1.165) is 11.1 Å². The first-order valence-electron chi connectivity index (χ1n) is 6.87. The van der Waals surface area contributed by atoms with E-state index in [1.165, 1.54) is 6.92 Å². The number of nitrogens with one attached hydrogen (secondary N) is 1. The van der Waals surface area contributed by atoms with Crippen LogP contribution in [0.15, 0.2) is 54.6 Å². The fraction of sp³-hybridized carbons (Fsp3) is 0.167. The van der Waals surface area contributed by atoms with Gasteiger partial charge in [0.1, 0.15) is 0 Å². The molecule has 0 aliphatic carbocycles. The van der Waals surface area contributed by atoms with Crippen molar-refractivity contribution in [3.8, 4) is 12.1 Å². The molecule has 0 aliphatic heterocycles. The summed E-state index contributed by atoms with van der Waals surface area (Å²) in [4.78, 5) is 11.0. The highest BCUT2D eigenvalue weighted by atomic mass is 16.1. The first-order valence-corrected chi connectivity index (χ1v) is 6.87. The molecule has 0 fully saturated rings. The molecule has 0 bridgehead atoms. The Kier molecular flexibility index (Phi) is 4.90. The first-order chi connectivity index (χ1) is 10.7. The average molecular weight is 289 g/mol. The van der Waals surface area contributed by atoms with Crippen LogP contribution in [0.2, 0.25) is 0 Å². The van der Waals surface area contributed by atoms with Crippen molar-refractivity contribution < 1.29 is 4.79 Å². The lowest BCUT2D eigenvalue weighted by Gasteiger charge is -2.16. The lowest BCUT2D eigenvalue weighted by Crippen LogP contribution is -2.09. The van der Waals surface area contributed by atoms with Crippen LogP contribution in [-0.2, 0) is 4.79 Å². The minimum absolute atomic E-state index is 0.149. The van der Waals surface area contributed by atoms with Crippen molar-refractivity contribution in [3.63, 3.8) is 0 Å². The fourth-order valence-electron chi connectivity index (χ4n) is 2.32. The molecular formula is C18H15N3O. The Balaban J connectivity index is 2.30. The molecule has 0 aromatic heterocycles. The van der Waals surface area contributed by atoms with E-state index >= 15 is 0 Å². The fourth-order valence-corrected chi connectivity index (χ4v) is 2.32. The van der Waals surface area contributed by atoms with Crippen molar-refractivity contribution in [3.05, 3.63) is 65.7 Å². The van der Waals surface area contributed by atoms with Crippen molar-refractivity contribution in [2.24, 2.45) is 0 Å². The van der Waals surface area contributed by atoms with E-state index in [0.29, 0.717) is 5.69 Å². The van der Waals surface area contributed by atoms with E-state index in [-0.39, 0.29) is 5.91 Å². The molecule has 22 heavy (non-hydrogen) atoms. The van der Waals surface area contributed by atoms with Gasteiger partial charge in [-0.25, -0.2) is 0 Å². The molecule has 2 atom stereocenters. The van der Waals surface area contributed by atoms with Crippen molar-refractivity contribution in [1.82, 2.24) is 0 Å². The van der Waals surface area contributed by atoms with Gasteiger partial charge in [-0.15, -0.1) is 0 Å². The average Bonchev–Trinajstić information content (AvgIpc) is 2.54. The molecule has 2 aromatic carbocycles. The van der Waals surface area contributed by atoms with Gasteiger partial charge in [0.2, 0.25) is 5.91 Å². The second-order valence-corrected chi connectivity index (χ2v) is 4.93. The van der Waals surface area contributed by atoms with Gasteiger partial charge in [-0.05, 0) is 23.3 Å². The van der Waals surface area contributed by atoms with Crippen LogP contribution in [0, 0.1) is 22.7 Å². The SMILES string of the molecule is CC(=O)Nc1ccc([C@H](C#N)[C@@H](C#N)c2ccccc2)cc1. The van der Waals surface area contributed by atoms with Gasteiger partial charge in [0.15, 0.2) is 0 Å². The number of nitrogens with zero attached hydrogens (tertiary/aromatic N) is 2. The standard InChI is InChI=1S/C18H15N3O/c1-13(22)21-16-9-7-15(8-10-16)18(12-20)17(11-19)14-5-3-2-4-6-14/h2-10,17-18H,1H3,(H,21,22)/t17-,18-/m0/s1. The highest BCUT2D eigenvalue weighted by molar-refractivity contribution is 5.88. The molecule has 0 saturated heterocycles. The summed E-state index contributed by atoms with van der Waals surface area (Å²) in [7, 11) is 0. The first kappa shape index (κ1) is 15.3.